The summed E-state index contributed by atoms with van der Waals surface area (Å²) in [5.41, 5.74) is 2.86. The zero-order valence-corrected chi connectivity index (χ0v) is 17.5. The molecule has 0 bridgehead atoms. The maximum absolute atomic E-state index is 5.59. The summed E-state index contributed by atoms with van der Waals surface area (Å²) < 4.78 is 6.63. The fourth-order valence-corrected chi connectivity index (χ4v) is 4.00. The van der Waals surface area contributed by atoms with Gasteiger partial charge in [0.25, 0.3) is 0 Å². The highest BCUT2D eigenvalue weighted by molar-refractivity contribution is 9.10. The van der Waals surface area contributed by atoms with Gasteiger partial charge in [0, 0.05) is 55.2 Å². The van der Waals surface area contributed by atoms with E-state index >= 15 is 0 Å². The number of piperazine rings is 1. The van der Waals surface area contributed by atoms with Crippen molar-refractivity contribution in [2.24, 2.45) is 4.99 Å². The number of methoxy groups -OCH3 is 1. The molecule has 4 rings (SSSR count). The van der Waals surface area contributed by atoms with Crippen molar-refractivity contribution in [3.63, 3.8) is 0 Å². The van der Waals surface area contributed by atoms with Crippen LogP contribution >= 0.6 is 15.9 Å². The molecule has 2 aromatic rings. The van der Waals surface area contributed by atoms with Crippen molar-refractivity contribution in [3.05, 3.63) is 64.8 Å². The quantitative estimate of drug-likeness (QED) is 0.783. The summed E-state index contributed by atoms with van der Waals surface area (Å²) in [4.78, 5) is 17.8. The smallest absolute Gasteiger partial charge is 0.178 e. The molecule has 1 fully saturated rings. The summed E-state index contributed by atoms with van der Waals surface area (Å²) in [5.74, 6) is 0.893. The first-order chi connectivity index (χ1) is 13.7. The number of allylic oxidation sites excluding steroid dienone is 1. The second-order valence-corrected chi connectivity index (χ2v) is 7.74. The van der Waals surface area contributed by atoms with Crippen molar-refractivity contribution in [2.45, 2.75) is 12.3 Å². The molecule has 1 saturated heterocycles. The van der Waals surface area contributed by atoms with E-state index in [-0.39, 0.29) is 12.3 Å². The third-order valence-corrected chi connectivity index (χ3v) is 5.52. The van der Waals surface area contributed by atoms with Crippen LogP contribution in [0.1, 0.15) is 17.3 Å². The van der Waals surface area contributed by atoms with Crippen molar-refractivity contribution in [1.82, 2.24) is 25.1 Å². The van der Waals surface area contributed by atoms with Crippen LogP contribution in [0.4, 0.5) is 0 Å². The molecule has 2 aliphatic rings. The zero-order valence-electron chi connectivity index (χ0n) is 15.9. The van der Waals surface area contributed by atoms with Crippen LogP contribution in [-0.2, 0) is 0 Å². The van der Waals surface area contributed by atoms with Crippen LogP contribution in [0.5, 0.6) is 5.75 Å². The largest absolute Gasteiger partial charge is 0.496 e. The van der Waals surface area contributed by atoms with Gasteiger partial charge in [0.15, 0.2) is 6.29 Å². The number of nitrogens with zero attached hydrogens (tertiary/aromatic N) is 5. The molecule has 8 heteroatoms. The lowest BCUT2D eigenvalue weighted by Crippen LogP contribution is -2.54. The van der Waals surface area contributed by atoms with E-state index < -0.39 is 0 Å². The van der Waals surface area contributed by atoms with Crippen molar-refractivity contribution in [1.29, 1.82) is 0 Å². The van der Waals surface area contributed by atoms with Crippen LogP contribution in [-0.4, -0.2) is 65.6 Å². The number of rotatable bonds is 4. The first-order valence-corrected chi connectivity index (χ1v) is 10.00. The Hall–Kier alpha value is -2.29. The van der Waals surface area contributed by atoms with Gasteiger partial charge in [-0.3, -0.25) is 4.90 Å². The Kier molecular flexibility index (Phi) is 5.70. The summed E-state index contributed by atoms with van der Waals surface area (Å²) in [5, 5.41) is 3.62. The lowest BCUT2D eigenvalue weighted by molar-refractivity contribution is 0.0679. The number of ether oxygens (including phenoxy) is 1. The molecule has 2 atom stereocenters. The van der Waals surface area contributed by atoms with Crippen LogP contribution in [0.25, 0.3) is 0 Å². The molecule has 28 heavy (non-hydrogen) atoms. The van der Waals surface area contributed by atoms with Crippen LogP contribution in [0.2, 0.25) is 0 Å². The third-order valence-electron chi connectivity index (χ3n) is 5.03. The van der Waals surface area contributed by atoms with Crippen LogP contribution < -0.4 is 10.1 Å². The SMILES string of the molecule is COc1ccc(Br)cc1C1CN(C2N=C(c3ccncn3)C=CN2C)CCN1. The number of hydrogen-bond donors (Lipinski definition) is 1. The number of aromatic nitrogens is 2. The summed E-state index contributed by atoms with van der Waals surface area (Å²) >= 11 is 3.58. The summed E-state index contributed by atoms with van der Waals surface area (Å²) in [7, 11) is 3.77. The van der Waals surface area contributed by atoms with Gasteiger partial charge in [-0.1, -0.05) is 15.9 Å². The van der Waals surface area contributed by atoms with Gasteiger partial charge in [0.1, 0.15) is 12.1 Å². The monoisotopic (exact) mass is 442 g/mol. The molecule has 1 aromatic heterocycles. The molecule has 146 valence electrons. The first kappa shape index (κ1) is 19.0. The summed E-state index contributed by atoms with van der Waals surface area (Å²) in [6.07, 6.45) is 7.28. The number of nitrogens with one attached hydrogen (secondary N) is 1. The van der Waals surface area contributed by atoms with E-state index in [1.807, 2.05) is 24.3 Å². The minimum absolute atomic E-state index is 0.0716. The fraction of sp³-hybridized carbons (Fsp3) is 0.350. The van der Waals surface area contributed by atoms with Gasteiger partial charge in [-0.05, 0) is 30.3 Å². The Morgan fingerprint density at radius 1 is 1.29 bits per heavy atom. The lowest BCUT2D eigenvalue weighted by atomic mass is 10.0. The van der Waals surface area contributed by atoms with E-state index in [1.165, 1.54) is 0 Å². The minimum atomic E-state index is -0.0716. The van der Waals surface area contributed by atoms with Gasteiger partial charge < -0.3 is 15.0 Å². The van der Waals surface area contributed by atoms with E-state index in [0.29, 0.717) is 0 Å². The van der Waals surface area contributed by atoms with Gasteiger partial charge >= 0.3 is 0 Å². The molecule has 0 spiro atoms. The Morgan fingerprint density at radius 2 is 2.18 bits per heavy atom. The normalized spacial score (nSPS) is 22.8. The highest BCUT2D eigenvalue weighted by Crippen LogP contribution is 2.31. The standard InChI is InChI=1S/C20H23BrN6O/c1-26-9-6-17(16-5-7-22-13-24-16)25-20(26)27-10-8-23-18(12-27)15-11-14(21)3-4-19(15)28-2/h3-7,9,11,13,18,20,23H,8,10,12H2,1-2H3. The van der Waals surface area contributed by atoms with Crippen molar-refractivity contribution < 1.29 is 4.74 Å². The molecular weight excluding hydrogens is 420 g/mol. The maximum atomic E-state index is 5.59. The van der Waals surface area contributed by atoms with E-state index in [9.17, 15) is 0 Å². The van der Waals surface area contributed by atoms with Crippen LogP contribution in [0, 0.1) is 0 Å². The molecule has 0 saturated carbocycles. The first-order valence-electron chi connectivity index (χ1n) is 9.21. The topological polar surface area (TPSA) is 65.9 Å². The number of aliphatic imine (C=N–C) groups is 1. The molecule has 0 amide bonds. The molecule has 2 unspecified atom stereocenters. The van der Waals surface area contributed by atoms with E-state index in [4.69, 9.17) is 9.73 Å². The van der Waals surface area contributed by atoms with Crippen molar-refractivity contribution >= 4 is 21.6 Å². The predicted octanol–water partition coefficient (Wildman–Crippen LogP) is 2.43. The second kappa shape index (κ2) is 8.38. The van der Waals surface area contributed by atoms with Crippen molar-refractivity contribution in [3.8, 4) is 5.75 Å². The Bertz CT molecular complexity index is 888. The van der Waals surface area contributed by atoms with Gasteiger partial charge in [-0.25, -0.2) is 15.0 Å². The molecular formula is C20H23BrN6O. The summed E-state index contributed by atoms with van der Waals surface area (Å²) in [6.45, 7) is 2.62. The van der Waals surface area contributed by atoms with Gasteiger partial charge in [0.2, 0.25) is 0 Å². The number of hydrogen-bond acceptors (Lipinski definition) is 7. The second-order valence-electron chi connectivity index (χ2n) is 6.82. The molecule has 0 radical (unpaired) electrons. The number of halogens is 1. The minimum Gasteiger partial charge on any atom is -0.496 e. The highest BCUT2D eigenvalue weighted by Gasteiger charge is 2.30. The molecule has 3 heterocycles. The van der Waals surface area contributed by atoms with Crippen molar-refractivity contribution in [2.75, 3.05) is 33.8 Å². The van der Waals surface area contributed by atoms with E-state index in [2.05, 4.69) is 60.3 Å². The molecule has 0 aliphatic carbocycles. The van der Waals surface area contributed by atoms with E-state index in [0.717, 1.165) is 46.8 Å². The Labute approximate surface area is 173 Å². The Morgan fingerprint density at radius 3 is 2.96 bits per heavy atom. The average Bonchev–Trinajstić information content (AvgIpc) is 2.75. The highest BCUT2D eigenvalue weighted by atomic mass is 79.9. The molecule has 1 aromatic carbocycles. The van der Waals surface area contributed by atoms with Gasteiger partial charge in [-0.15, -0.1) is 0 Å². The molecule has 2 aliphatic heterocycles. The molecule has 7 nitrogen and oxygen atoms in total. The fourth-order valence-electron chi connectivity index (χ4n) is 3.62. The summed E-state index contributed by atoms with van der Waals surface area (Å²) in [6, 6.07) is 8.18. The number of benzene rings is 1. The Balaban J connectivity index is 1.58. The third kappa shape index (κ3) is 3.94. The van der Waals surface area contributed by atoms with Crippen LogP contribution in [0.3, 0.4) is 0 Å². The van der Waals surface area contributed by atoms with Gasteiger partial charge in [0.05, 0.1) is 18.5 Å². The average molecular weight is 443 g/mol. The molecule has 1 N–H and O–H groups in total. The predicted molar refractivity (Wildman–Crippen MR) is 112 cm³/mol. The maximum Gasteiger partial charge on any atom is 0.178 e. The lowest BCUT2D eigenvalue weighted by Gasteiger charge is -2.41. The zero-order chi connectivity index (χ0) is 19.5. The van der Waals surface area contributed by atoms with E-state index in [1.54, 1.807) is 19.6 Å². The van der Waals surface area contributed by atoms with Gasteiger partial charge in [-0.2, -0.15) is 0 Å². The van der Waals surface area contributed by atoms with Crippen LogP contribution in [0.15, 0.2) is 58.5 Å².